The molecule has 3 atom stereocenters. The number of ether oxygens (including phenoxy) is 1. The highest BCUT2D eigenvalue weighted by atomic mass is 16.6. The second-order valence-corrected chi connectivity index (χ2v) is 7.61. The number of rotatable bonds is 9. The lowest BCUT2D eigenvalue weighted by atomic mass is 9.70. The van der Waals surface area contributed by atoms with Crippen LogP contribution in [0.15, 0.2) is 0 Å². The van der Waals surface area contributed by atoms with Gasteiger partial charge in [0, 0.05) is 6.54 Å². The van der Waals surface area contributed by atoms with Crippen molar-refractivity contribution in [1.82, 2.24) is 10.6 Å². The van der Waals surface area contributed by atoms with Gasteiger partial charge in [-0.15, -0.1) is 0 Å². The zero-order valence-corrected chi connectivity index (χ0v) is 14.5. The fourth-order valence-corrected chi connectivity index (χ4v) is 2.14. The predicted octanol–water partition coefficient (Wildman–Crippen LogP) is -0.293. The molecule has 1 aliphatic rings. The Morgan fingerprint density at radius 2 is 1.87 bits per heavy atom. The number of carboxylic acids is 1. The molecule has 0 aromatic rings. The molecule has 3 N–H and O–H groups in total. The van der Waals surface area contributed by atoms with Gasteiger partial charge in [-0.2, -0.15) is 0 Å². The van der Waals surface area contributed by atoms with Crippen LogP contribution in [0.2, 0.25) is 5.31 Å². The van der Waals surface area contributed by atoms with Gasteiger partial charge in [0.05, 0.1) is 0 Å². The fraction of sp³-hybridized carbons (Fsp3) is 0.800. The number of amides is 2. The number of carbonyl (C=O) groups is 3. The summed E-state index contributed by atoms with van der Waals surface area (Å²) in [7, 11) is 2.09. The largest absolute Gasteiger partial charge is 0.479 e. The van der Waals surface area contributed by atoms with Crippen molar-refractivity contribution in [2.75, 3.05) is 6.54 Å². The molecule has 0 aliphatic carbocycles. The number of carbonyl (C=O) groups excluding carboxylic acids is 2. The molecular formula is C15H27BN2O5. The van der Waals surface area contributed by atoms with Gasteiger partial charge >= 0.3 is 5.97 Å². The van der Waals surface area contributed by atoms with E-state index in [2.05, 4.69) is 32.3 Å². The van der Waals surface area contributed by atoms with Gasteiger partial charge in [-0.3, -0.25) is 9.59 Å². The molecule has 1 saturated heterocycles. The van der Waals surface area contributed by atoms with Crippen molar-refractivity contribution < 1.29 is 24.2 Å². The maximum absolute atomic E-state index is 12.3. The second-order valence-electron chi connectivity index (χ2n) is 7.61. The summed E-state index contributed by atoms with van der Waals surface area (Å²) in [6.45, 7) is 8.61. The van der Waals surface area contributed by atoms with Crippen molar-refractivity contribution in [3.8, 4) is 0 Å². The minimum atomic E-state index is -1.17. The Labute approximate surface area is 137 Å². The minimum absolute atomic E-state index is 0.112. The van der Waals surface area contributed by atoms with Crippen molar-refractivity contribution >= 4 is 25.6 Å². The van der Waals surface area contributed by atoms with Crippen molar-refractivity contribution in [3.05, 3.63) is 0 Å². The first-order valence-corrected chi connectivity index (χ1v) is 7.97. The number of aliphatic carboxylic acids is 1. The van der Waals surface area contributed by atoms with Crippen LogP contribution in [0.25, 0.3) is 0 Å². The van der Waals surface area contributed by atoms with E-state index in [9.17, 15) is 14.4 Å². The summed E-state index contributed by atoms with van der Waals surface area (Å²) in [5.41, 5.74) is 0. The summed E-state index contributed by atoms with van der Waals surface area (Å²) in [6.07, 6.45) is -0.783. The van der Waals surface area contributed by atoms with Crippen LogP contribution >= 0.6 is 0 Å². The molecule has 7 nitrogen and oxygen atoms in total. The van der Waals surface area contributed by atoms with Crippen molar-refractivity contribution in [2.45, 2.75) is 64.1 Å². The molecule has 0 spiro atoms. The molecule has 130 valence electrons. The number of hydrogen-bond acceptors (Lipinski definition) is 4. The summed E-state index contributed by atoms with van der Waals surface area (Å²) in [5.74, 6) is -1.75. The third-order valence-electron chi connectivity index (χ3n) is 3.51. The van der Waals surface area contributed by atoms with E-state index in [4.69, 9.17) is 9.84 Å². The molecular weight excluding hydrogens is 299 g/mol. The summed E-state index contributed by atoms with van der Waals surface area (Å²) in [4.78, 5) is 35.0. The molecule has 1 fully saturated rings. The molecule has 0 unspecified atom stereocenters. The van der Waals surface area contributed by atoms with E-state index >= 15 is 0 Å². The lowest BCUT2D eigenvalue weighted by molar-refractivity contribution is -0.138. The Morgan fingerprint density at radius 1 is 1.26 bits per heavy atom. The van der Waals surface area contributed by atoms with Crippen LogP contribution < -0.4 is 10.6 Å². The zero-order chi connectivity index (χ0) is 17.8. The molecule has 2 amide bonds. The van der Waals surface area contributed by atoms with E-state index in [1.165, 1.54) is 0 Å². The smallest absolute Gasteiger partial charge is 0.336 e. The van der Waals surface area contributed by atoms with Gasteiger partial charge in [-0.25, -0.2) is 4.79 Å². The van der Waals surface area contributed by atoms with E-state index in [1.54, 1.807) is 0 Å². The van der Waals surface area contributed by atoms with Crippen LogP contribution in [0.4, 0.5) is 0 Å². The first-order valence-electron chi connectivity index (χ1n) is 7.97. The Balaban J connectivity index is 2.53. The Morgan fingerprint density at radius 3 is 2.30 bits per heavy atom. The normalized spacial score (nSPS) is 21.6. The monoisotopic (exact) mass is 326 g/mol. The maximum Gasteiger partial charge on any atom is 0.336 e. The number of carboxylic acid groups (broad SMARTS) is 1. The standard InChI is InChI=1S/C15H27BN2O5/c1-8(2)7-9(12(19)17-6-5-15(3,4)16)18-13(20)10-11(23-10)14(21)22/h8-11H,5-7,16H2,1-4H3,(H,17,19)(H,18,20)(H,21,22)/t9-,10-,11-/m0/s1. The van der Waals surface area contributed by atoms with Gasteiger partial charge in [-0.1, -0.05) is 33.0 Å². The average molecular weight is 326 g/mol. The molecule has 0 aromatic carbocycles. The van der Waals surface area contributed by atoms with Gasteiger partial charge < -0.3 is 20.5 Å². The van der Waals surface area contributed by atoms with E-state index in [0.717, 1.165) is 6.42 Å². The highest BCUT2D eigenvalue weighted by Crippen LogP contribution is 2.23. The topological polar surface area (TPSA) is 108 Å². The van der Waals surface area contributed by atoms with E-state index in [-0.39, 0.29) is 17.1 Å². The quantitative estimate of drug-likeness (QED) is 0.398. The molecule has 1 rings (SSSR count). The van der Waals surface area contributed by atoms with Crippen molar-refractivity contribution in [3.63, 3.8) is 0 Å². The summed E-state index contributed by atoms with van der Waals surface area (Å²) < 4.78 is 4.81. The van der Waals surface area contributed by atoms with Crippen LogP contribution in [-0.4, -0.2) is 55.5 Å². The maximum atomic E-state index is 12.3. The third-order valence-corrected chi connectivity index (χ3v) is 3.51. The average Bonchev–Trinajstić information content (AvgIpc) is 3.15. The SMILES string of the molecule is BC(C)(C)CCNC(=O)[C@H](CC(C)C)NC(=O)[C@H]1O[C@@H]1C(=O)O. The second kappa shape index (κ2) is 7.81. The summed E-state index contributed by atoms with van der Waals surface area (Å²) >= 11 is 0. The lowest BCUT2D eigenvalue weighted by Gasteiger charge is -2.22. The molecule has 1 aliphatic heterocycles. The van der Waals surface area contributed by atoms with Gasteiger partial charge in [0.15, 0.2) is 12.2 Å². The zero-order valence-electron chi connectivity index (χ0n) is 14.5. The van der Waals surface area contributed by atoms with Crippen LogP contribution in [-0.2, 0) is 19.1 Å². The van der Waals surface area contributed by atoms with Crippen LogP contribution in [0.1, 0.15) is 40.5 Å². The lowest BCUT2D eigenvalue weighted by Crippen LogP contribution is -2.49. The van der Waals surface area contributed by atoms with Gasteiger partial charge in [0.2, 0.25) is 5.91 Å². The summed E-state index contributed by atoms with van der Waals surface area (Å²) in [6, 6.07) is -0.680. The number of nitrogens with one attached hydrogen (secondary N) is 2. The highest BCUT2D eigenvalue weighted by molar-refractivity contribution is 6.14. The third kappa shape index (κ3) is 7.03. The molecule has 0 aromatic heterocycles. The van der Waals surface area contributed by atoms with E-state index < -0.39 is 30.1 Å². The van der Waals surface area contributed by atoms with Gasteiger partial charge in [-0.05, 0) is 18.8 Å². The van der Waals surface area contributed by atoms with Crippen LogP contribution in [0.5, 0.6) is 0 Å². The van der Waals surface area contributed by atoms with Gasteiger partial charge in [0.25, 0.3) is 5.91 Å². The molecule has 0 radical (unpaired) electrons. The Hall–Kier alpha value is -1.57. The Kier molecular flexibility index (Phi) is 6.62. The van der Waals surface area contributed by atoms with Crippen LogP contribution in [0.3, 0.4) is 0 Å². The summed E-state index contributed by atoms with van der Waals surface area (Å²) in [5, 5.41) is 14.3. The molecule has 8 heteroatoms. The Bertz CT molecular complexity index is 461. The first-order chi connectivity index (χ1) is 10.5. The van der Waals surface area contributed by atoms with Crippen molar-refractivity contribution in [2.24, 2.45) is 5.92 Å². The molecule has 0 bridgehead atoms. The fourth-order valence-electron chi connectivity index (χ4n) is 2.14. The number of epoxide rings is 1. The van der Waals surface area contributed by atoms with Crippen molar-refractivity contribution in [1.29, 1.82) is 0 Å². The molecule has 0 saturated carbocycles. The van der Waals surface area contributed by atoms with Gasteiger partial charge in [0.1, 0.15) is 13.9 Å². The number of hydrogen-bond donors (Lipinski definition) is 3. The molecule has 23 heavy (non-hydrogen) atoms. The first kappa shape index (κ1) is 19.5. The minimum Gasteiger partial charge on any atom is -0.479 e. The highest BCUT2D eigenvalue weighted by Gasteiger charge is 2.51. The van der Waals surface area contributed by atoms with Crippen LogP contribution in [0, 0.1) is 5.92 Å². The molecule has 1 heterocycles. The predicted molar refractivity (Wildman–Crippen MR) is 87.9 cm³/mol. The van der Waals surface area contributed by atoms with E-state index in [1.807, 2.05) is 13.8 Å². The van der Waals surface area contributed by atoms with E-state index in [0.29, 0.717) is 13.0 Å².